The molecule has 0 fully saturated rings. The molecule has 0 aliphatic rings. The molecule has 0 spiro atoms. The second-order valence-electron chi connectivity index (χ2n) is 6.55. The molecule has 0 unspecified atom stereocenters. The number of thiazole rings is 1. The van der Waals surface area contributed by atoms with E-state index in [0.717, 1.165) is 15.8 Å². The van der Waals surface area contributed by atoms with E-state index < -0.39 is 0 Å². The van der Waals surface area contributed by atoms with E-state index in [1.54, 1.807) is 28.6 Å². The summed E-state index contributed by atoms with van der Waals surface area (Å²) in [6.07, 6.45) is 3.52. The average molecular weight is 373 g/mol. The molecule has 27 heavy (non-hydrogen) atoms. The smallest absolute Gasteiger partial charge is 0.260 e. The average Bonchev–Trinajstić information content (AvgIpc) is 3.11. The number of carbonyl (C=O) groups is 1. The first-order chi connectivity index (χ1) is 13.1. The molecule has 4 rings (SSSR count). The SMILES string of the molecule is Cc1cc(C)c2sc(N(Cc3cccnc3)C(=O)c3ccccc3)nc2c1. The van der Waals surface area contributed by atoms with Crippen molar-refractivity contribution in [2.45, 2.75) is 20.4 Å². The van der Waals surface area contributed by atoms with E-state index in [1.807, 2.05) is 42.5 Å². The zero-order chi connectivity index (χ0) is 18.8. The van der Waals surface area contributed by atoms with Crippen LogP contribution in [0.3, 0.4) is 0 Å². The van der Waals surface area contributed by atoms with Gasteiger partial charge in [-0.05, 0) is 54.8 Å². The normalized spacial score (nSPS) is 10.9. The van der Waals surface area contributed by atoms with Crippen molar-refractivity contribution in [2.75, 3.05) is 4.90 Å². The molecule has 2 heterocycles. The Kier molecular flexibility index (Phi) is 4.69. The fourth-order valence-electron chi connectivity index (χ4n) is 3.12. The van der Waals surface area contributed by atoms with Crippen molar-refractivity contribution in [3.05, 3.63) is 89.2 Å². The van der Waals surface area contributed by atoms with Gasteiger partial charge in [0.1, 0.15) is 0 Å². The van der Waals surface area contributed by atoms with Gasteiger partial charge in [-0.3, -0.25) is 14.7 Å². The minimum absolute atomic E-state index is 0.0621. The van der Waals surface area contributed by atoms with E-state index >= 15 is 0 Å². The van der Waals surface area contributed by atoms with Gasteiger partial charge >= 0.3 is 0 Å². The predicted octanol–water partition coefficient (Wildman–Crippen LogP) is 5.16. The molecule has 0 saturated heterocycles. The molecular formula is C22H19N3OS. The highest BCUT2D eigenvalue weighted by atomic mass is 32.1. The number of fused-ring (bicyclic) bond motifs is 1. The quantitative estimate of drug-likeness (QED) is 0.497. The summed E-state index contributed by atoms with van der Waals surface area (Å²) in [6, 6.07) is 17.4. The van der Waals surface area contributed by atoms with E-state index in [4.69, 9.17) is 4.98 Å². The van der Waals surface area contributed by atoms with Gasteiger partial charge in [0.15, 0.2) is 5.13 Å². The summed E-state index contributed by atoms with van der Waals surface area (Å²) in [5.41, 5.74) is 4.90. The third-order valence-electron chi connectivity index (χ3n) is 4.37. The molecule has 2 aromatic carbocycles. The summed E-state index contributed by atoms with van der Waals surface area (Å²) in [4.78, 5) is 24.0. The first-order valence-electron chi connectivity index (χ1n) is 8.75. The van der Waals surface area contributed by atoms with Crippen molar-refractivity contribution < 1.29 is 4.79 Å². The van der Waals surface area contributed by atoms with Gasteiger partial charge in [-0.2, -0.15) is 0 Å². The highest BCUT2D eigenvalue weighted by Gasteiger charge is 2.22. The predicted molar refractivity (Wildman–Crippen MR) is 110 cm³/mol. The van der Waals surface area contributed by atoms with Crippen LogP contribution in [0.4, 0.5) is 5.13 Å². The molecule has 0 saturated carbocycles. The van der Waals surface area contributed by atoms with Crippen molar-refractivity contribution in [3.63, 3.8) is 0 Å². The van der Waals surface area contributed by atoms with E-state index in [1.165, 1.54) is 11.1 Å². The number of pyridine rings is 1. The zero-order valence-electron chi connectivity index (χ0n) is 15.2. The molecule has 0 bridgehead atoms. The molecule has 2 aromatic heterocycles. The highest BCUT2D eigenvalue weighted by Crippen LogP contribution is 2.33. The molecule has 0 N–H and O–H groups in total. The number of aromatic nitrogens is 2. The van der Waals surface area contributed by atoms with E-state index in [2.05, 4.69) is 31.0 Å². The van der Waals surface area contributed by atoms with Crippen LogP contribution in [0.25, 0.3) is 10.2 Å². The topological polar surface area (TPSA) is 46.1 Å². The van der Waals surface area contributed by atoms with E-state index in [9.17, 15) is 4.79 Å². The summed E-state index contributed by atoms with van der Waals surface area (Å²) in [5.74, 6) is -0.0621. The van der Waals surface area contributed by atoms with Crippen molar-refractivity contribution in [2.24, 2.45) is 0 Å². The molecule has 4 nitrogen and oxygen atoms in total. The Labute approximate surface area is 162 Å². The first-order valence-corrected chi connectivity index (χ1v) is 9.57. The monoisotopic (exact) mass is 373 g/mol. The third-order valence-corrected chi connectivity index (χ3v) is 5.60. The van der Waals surface area contributed by atoms with E-state index in [0.29, 0.717) is 17.2 Å². The number of nitrogens with zero attached hydrogens (tertiary/aromatic N) is 3. The van der Waals surface area contributed by atoms with Crippen LogP contribution in [-0.4, -0.2) is 15.9 Å². The Bertz CT molecular complexity index is 1090. The second kappa shape index (κ2) is 7.29. The van der Waals surface area contributed by atoms with Gasteiger partial charge in [0.2, 0.25) is 0 Å². The lowest BCUT2D eigenvalue weighted by Crippen LogP contribution is -2.30. The molecule has 134 valence electrons. The zero-order valence-corrected chi connectivity index (χ0v) is 16.0. The van der Waals surface area contributed by atoms with Gasteiger partial charge in [0.25, 0.3) is 5.91 Å². The molecular weight excluding hydrogens is 354 g/mol. The second-order valence-corrected chi connectivity index (χ2v) is 7.52. The minimum Gasteiger partial charge on any atom is -0.279 e. The van der Waals surface area contributed by atoms with Crippen molar-refractivity contribution in [1.82, 2.24) is 9.97 Å². The third kappa shape index (κ3) is 3.59. The Balaban J connectivity index is 1.80. The number of aryl methyl sites for hydroxylation is 2. The van der Waals surface area contributed by atoms with Crippen LogP contribution in [0, 0.1) is 13.8 Å². The summed E-state index contributed by atoms with van der Waals surface area (Å²) in [5, 5.41) is 0.705. The number of carbonyl (C=O) groups excluding carboxylic acids is 1. The van der Waals surface area contributed by atoms with Crippen LogP contribution in [-0.2, 0) is 6.54 Å². The lowest BCUT2D eigenvalue weighted by molar-refractivity contribution is 0.0985. The van der Waals surface area contributed by atoms with Gasteiger partial charge in [0, 0.05) is 18.0 Å². The van der Waals surface area contributed by atoms with Crippen molar-refractivity contribution in [3.8, 4) is 0 Å². The Morgan fingerprint density at radius 2 is 1.89 bits per heavy atom. The van der Waals surface area contributed by atoms with Gasteiger partial charge in [-0.25, -0.2) is 4.98 Å². The number of amides is 1. The lowest BCUT2D eigenvalue weighted by Gasteiger charge is -2.20. The molecule has 1 amide bonds. The molecule has 0 aliphatic carbocycles. The van der Waals surface area contributed by atoms with Gasteiger partial charge < -0.3 is 0 Å². The molecule has 0 atom stereocenters. The maximum absolute atomic E-state index is 13.3. The van der Waals surface area contributed by atoms with Crippen LogP contribution in [0.2, 0.25) is 0 Å². The highest BCUT2D eigenvalue weighted by molar-refractivity contribution is 7.22. The molecule has 5 heteroatoms. The van der Waals surface area contributed by atoms with Crippen LogP contribution in [0.5, 0.6) is 0 Å². The standard InChI is InChI=1S/C22H19N3OS/c1-15-11-16(2)20-19(12-15)24-22(27-20)25(14-17-7-6-10-23-13-17)21(26)18-8-4-3-5-9-18/h3-13H,14H2,1-2H3. The Morgan fingerprint density at radius 1 is 1.07 bits per heavy atom. The Morgan fingerprint density at radius 3 is 2.63 bits per heavy atom. The maximum atomic E-state index is 13.3. The molecule has 4 aromatic rings. The van der Waals surface area contributed by atoms with Gasteiger partial charge in [-0.1, -0.05) is 41.7 Å². The summed E-state index contributed by atoms with van der Waals surface area (Å²) < 4.78 is 1.12. The fraction of sp³-hybridized carbons (Fsp3) is 0.136. The van der Waals surface area contributed by atoms with E-state index in [-0.39, 0.29) is 5.91 Å². The van der Waals surface area contributed by atoms with Crippen LogP contribution in [0.1, 0.15) is 27.0 Å². The van der Waals surface area contributed by atoms with Gasteiger partial charge in [0.05, 0.1) is 16.8 Å². The van der Waals surface area contributed by atoms with Gasteiger partial charge in [-0.15, -0.1) is 0 Å². The number of hydrogen-bond acceptors (Lipinski definition) is 4. The summed E-state index contributed by atoms with van der Waals surface area (Å²) in [6.45, 7) is 4.58. The fourth-order valence-corrected chi connectivity index (χ4v) is 4.13. The summed E-state index contributed by atoms with van der Waals surface area (Å²) in [7, 11) is 0. The Hall–Kier alpha value is -3.05. The lowest BCUT2D eigenvalue weighted by atomic mass is 10.1. The minimum atomic E-state index is -0.0621. The maximum Gasteiger partial charge on any atom is 0.260 e. The molecule has 0 aliphatic heterocycles. The van der Waals surface area contributed by atoms with Crippen molar-refractivity contribution in [1.29, 1.82) is 0 Å². The number of rotatable bonds is 4. The number of anilines is 1. The van der Waals surface area contributed by atoms with Crippen molar-refractivity contribution >= 4 is 32.6 Å². The first kappa shape index (κ1) is 17.4. The van der Waals surface area contributed by atoms with Crippen LogP contribution in [0.15, 0.2) is 67.0 Å². The summed E-state index contributed by atoms with van der Waals surface area (Å²) >= 11 is 1.56. The van der Waals surface area contributed by atoms with Crippen LogP contribution >= 0.6 is 11.3 Å². The molecule has 0 radical (unpaired) electrons. The van der Waals surface area contributed by atoms with Crippen LogP contribution < -0.4 is 4.90 Å². The number of benzene rings is 2. The largest absolute Gasteiger partial charge is 0.279 e. The number of hydrogen-bond donors (Lipinski definition) is 0.